The summed E-state index contributed by atoms with van der Waals surface area (Å²) < 4.78 is 8.81. The van der Waals surface area contributed by atoms with Gasteiger partial charge in [0.2, 0.25) is 0 Å². The molecule has 1 aromatic rings. The lowest BCUT2D eigenvalue weighted by atomic mass is 9.97. The molecule has 0 bridgehead atoms. The van der Waals surface area contributed by atoms with Crippen LogP contribution in [0.1, 0.15) is 30.7 Å². The van der Waals surface area contributed by atoms with E-state index in [0.717, 1.165) is 29.0 Å². The molecule has 0 radical (unpaired) electrons. The zero-order valence-corrected chi connectivity index (χ0v) is 12.7. The minimum absolute atomic E-state index is 0.617. The van der Waals surface area contributed by atoms with E-state index < -0.39 is 0 Å². The number of nitrogens with two attached hydrogens (primary N) is 1. The van der Waals surface area contributed by atoms with Crippen molar-refractivity contribution in [3.63, 3.8) is 0 Å². The van der Waals surface area contributed by atoms with Crippen molar-refractivity contribution in [3.8, 4) is 0 Å². The molecule has 2 rings (SSSR count). The Morgan fingerprint density at radius 1 is 1.44 bits per heavy atom. The smallest absolute Gasteiger partial charge is 0.0896 e. The van der Waals surface area contributed by atoms with E-state index in [1.807, 2.05) is 18.7 Å². The highest BCUT2D eigenvalue weighted by Crippen LogP contribution is 2.31. The van der Waals surface area contributed by atoms with Crippen LogP contribution in [0.25, 0.3) is 0 Å². The van der Waals surface area contributed by atoms with E-state index in [9.17, 15) is 0 Å². The van der Waals surface area contributed by atoms with Gasteiger partial charge in [-0.05, 0) is 54.1 Å². The molecule has 1 fully saturated rings. The van der Waals surface area contributed by atoms with Crippen LogP contribution in [-0.4, -0.2) is 22.9 Å². The Morgan fingerprint density at radius 3 is 2.78 bits per heavy atom. The Bertz CT molecular complexity index is 405. The Labute approximate surface area is 117 Å². The van der Waals surface area contributed by atoms with Gasteiger partial charge in [-0.1, -0.05) is 6.42 Å². The van der Waals surface area contributed by atoms with Crippen molar-refractivity contribution < 1.29 is 4.74 Å². The fraction of sp³-hybridized carbons (Fsp3) is 0.769. The summed E-state index contributed by atoms with van der Waals surface area (Å²) in [7, 11) is 1.95. The number of hydrogen-bond acceptors (Lipinski definition) is 3. The summed E-state index contributed by atoms with van der Waals surface area (Å²) in [4.78, 5) is 0. The highest BCUT2D eigenvalue weighted by atomic mass is 79.9. The van der Waals surface area contributed by atoms with Gasteiger partial charge < -0.3 is 10.5 Å². The lowest BCUT2D eigenvalue weighted by molar-refractivity contribution is 0.0713. The molecule has 18 heavy (non-hydrogen) atoms. The Balaban J connectivity index is 1.85. The Kier molecular flexibility index (Phi) is 4.81. The first kappa shape index (κ1) is 14.0. The zero-order valence-electron chi connectivity index (χ0n) is 11.2. The van der Waals surface area contributed by atoms with E-state index in [1.165, 1.54) is 19.3 Å². The second-order valence-electron chi connectivity index (χ2n) is 5.17. The summed E-state index contributed by atoms with van der Waals surface area (Å²) >= 11 is 3.56. The van der Waals surface area contributed by atoms with Crippen molar-refractivity contribution in [2.75, 3.05) is 13.2 Å². The minimum Gasteiger partial charge on any atom is -0.375 e. The van der Waals surface area contributed by atoms with Crippen LogP contribution in [0.5, 0.6) is 0 Å². The van der Waals surface area contributed by atoms with Gasteiger partial charge in [0.1, 0.15) is 0 Å². The van der Waals surface area contributed by atoms with Gasteiger partial charge in [-0.15, -0.1) is 0 Å². The molecule has 2 unspecified atom stereocenters. The maximum atomic E-state index is 5.86. The molecular formula is C13H22BrN3O. The van der Waals surface area contributed by atoms with Crippen molar-refractivity contribution in [2.45, 2.75) is 32.8 Å². The molecule has 1 aliphatic rings. The van der Waals surface area contributed by atoms with Gasteiger partial charge in [-0.3, -0.25) is 4.68 Å². The van der Waals surface area contributed by atoms with Gasteiger partial charge in [0.05, 0.1) is 29.1 Å². The van der Waals surface area contributed by atoms with Crippen molar-refractivity contribution in [1.29, 1.82) is 0 Å². The van der Waals surface area contributed by atoms with Crippen LogP contribution in [0.4, 0.5) is 0 Å². The third-order valence-corrected chi connectivity index (χ3v) is 4.98. The molecule has 4 nitrogen and oxygen atoms in total. The maximum Gasteiger partial charge on any atom is 0.0896 e. The fourth-order valence-electron chi connectivity index (χ4n) is 2.79. The van der Waals surface area contributed by atoms with Gasteiger partial charge in [0, 0.05) is 7.05 Å². The molecule has 1 heterocycles. The van der Waals surface area contributed by atoms with Gasteiger partial charge in [0.25, 0.3) is 0 Å². The topological polar surface area (TPSA) is 53.1 Å². The molecule has 0 saturated heterocycles. The van der Waals surface area contributed by atoms with Crippen LogP contribution in [0.3, 0.4) is 0 Å². The first-order valence-corrected chi connectivity index (χ1v) is 7.38. The number of halogens is 1. The summed E-state index contributed by atoms with van der Waals surface area (Å²) in [6.07, 6.45) is 3.82. The van der Waals surface area contributed by atoms with Crippen molar-refractivity contribution >= 4 is 15.9 Å². The molecule has 1 aromatic heterocycles. The van der Waals surface area contributed by atoms with E-state index in [-0.39, 0.29) is 0 Å². The van der Waals surface area contributed by atoms with E-state index in [4.69, 9.17) is 10.5 Å². The van der Waals surface area contributed by atoms with Crippen LogP contribution in [-0.2, 0) is 18.4 Å². The molecular weight excluding hydrogens is 294 g/mol. The number of nitrogens with zero attached hydrogens (tertiary/aromatic N) is 2. The summed E-state index contributed by atoms with van der Waals surface area (Å²) in [5.74, 6) is 1.30. The van der Waals surface area contributed by atoms with E-state index >= 15 is 0 Å². The quantitative estimate of drug-likeness (QED) is 0.907. The highest BCUT2D eigenvalue weighted by Gasteiger charge is 2.26. The monoisotopic (exact) mass is 315 g/mol. The highest BCUT2D eigenvalue weighted by molar-refractivity contribution is 9.10. The summed E-state index contributed by atoms with van der Waals surface area (Å²) in [6.45, 7) is 4.22. The molecule has 2 N–H and O–H groups in total. The number of aromatic nitrogens is 2. The normalized spacial score (nSPS) is 23.8. The molecule has 1 aliphatic carbocycles. The Morgan fingerprint density at radius 2 is 2.17 bits per heavy atom. The molecule has 2 atom stereocenters. The summed E-state index contributed by atoms with van der Waals surface area (Å²) in [6, 6.07) is 0. The van der Waals surface area contributed by atoms with Gasteiger partial charge in [0.15, 0.2) is 0 Å². The van der Waals surface area contributed by atoms with Crippen molar-refractivity contribution in [3.05, 3.63) is 15.9 Å². The predicted molar refractivity (Wildman–Crippen MR) is 75.2 cm³/mol. The second kappa shape index (κ2) is 6.17. The van der Waals surface area contributed by atoms with Crippen molar-refractivity contribution in [2.24, 2.45) is 24.6 Å². The SMILES string of the molecule is Cc1nn(C)c(COCC2CCCC2CN)c1Br. The molecule has 5 heteroatoms. The van der Waals surface area contributed by atoms with Crippen LogP contribution < -0.4 is 5.73 Å². The van der Waals surface area contributed by atoms with Crippen LogP contribution >= 0.6 is 15.9 Å². The van der Waals surface area contributed by atoms with E-state index in [1.54, 1.807) is 0 Å². The van der Waals surface area contributed by atoms with Crippen LogP contribution in [0, 0.1) is 18.8 Å². The number of aryl methyl sites for hydroxylation is 2. The average Bonchev–Trinajstić information content (AvgIpc) is 2.89. The zero-order chi connectivity index (χ0) is 13.1. The maximum absolute atomic E-state index is 5.86. The third kappa shape index (κ3) is 2.95. The molecule has 0 aromatic carbocycles. The molecule has 1 saturated carbocycles. The minimum atomic E-state index is 0.617. The van der Waals surface area contributed by atoms with Gasteiger partial charge in [-0.25, -0.2) is 0 Å². The first-order valence-electron chi connectivity index (χ1n) is 6.59. The fourth-order valence-corrected chi connectivity index (χ4v) is 3.24. The summed E-state index contributed by atoms with van der Waals surface area (Å²) in [5.41, 5.74) is 7.90. The van der Waals surface area contributed by atoms with E-state index in [0.29, 0.717) is 18.4 Å². The van der Waals surface area contributed by atoms with Gasteiger partial charge >= 0.3 is 0 Å². The summed E-state index contributed by atoms with van der Waals surface area (Å²) in [5, 5.41) is 4.36. The number of rotatable bonds is 5. The number of ether oxygens (including phenoxy) is 1. The molecule has 0 spiro atoms. The second-order valence-corrected chi connectivity index (χ2v) is 5.96. The number of hydrogen-bond donors (Lipinski definition) is 1. The van der Waals surface area contributed by atoms with Crippen molar-refractivity contribution in [1.82, 2.24) is 9.78 Å². The van der Waals surface area contributed by atoms with Crippen LogP contribution in [0.15, 0.2) is 4.47 Å². The lowest BCUT2D eigenvalue weighted by Gasteiger charge is -2.17. The molecule has 102 valence electrons. The van der Waals surface area contributed by atoms with Crippen LogP contribution in [0.2, 0.25) is 0 Å². The first-order chi connectivity index (χ1) is 8.63. The molecule has 0 aliphatic heterocycles. The average molecular weight is 316 g/mol. The van der Waals surface area contributed by atoms with Gasteiger partial charge in [-0.2, -0.15) is 5.10 Å². The lowest BCUT2D eigenvalue weighted by Crippen LogP contribution is -2.22. The van der Waals surface area contributed by atoms with E-state index in [2.05, 4.69) is 21.0 Å². The largest absolute Gasteiger partial charge is 0.375 e. The Hall–Kier alpha value is -0.390. The predicted octanol–water partition coefficient (Wildman–Crippen LogP) is 2.38. The third-order valence-electron chi connectivity index (χ3n) is 3.95. The standard InChI is InChI=1S/C13H22BrN3O/c1-9-13(14)12(17(2)16-9)8-18-7-11-5-3-4-10(11)6-15/h10-11H,3-8,15H2,1-2H3. The molecule has 0 amide bonds.